The number of fused-ring (bicyclic) bond motifs is 1. The lowest BCUT2D eigenvalue weighted by Gasteiger charge is -2.30. The molecule has 1 aliphatic rings. The highest BCUT2D eigenvalue weighted by Crippen LogP contribution is 2.38. The van der Waals surface area contributed by atoms with Gasteiger partial charge in [0.05, 0.1) is 32.9 Å². The first-order valence-electron chi connectivity index (χ1n) is 11.5. The highest BCUT2D eigenvalue weighted by atomic mass is 127. The van der Waals surface area contributed by atoms with Crippen LogP contribution in [0.3, 0.4) is 0 Å². The molecule has 2 aromatic carbocycles. The van der Waals surface area contributed by atoms with Gasteiger partial charge in [-0.15, -0.1) is 0 Å². The summed E-state index contributed by atoms with van der Waals surface area (Å²) in [4.78, 5) is 11.0. The summed E-state index contributed by atoms with van der Waals surface area (Å²) in [6.45, 7) is 8.09. The fourth-order valence-electron chi connectivity index (χ4n) is 4.87. The summed E-state index contributed by atoms with van der Waals surface area (Å²) in [5.41, 5.74) is 8.32. The van der Waals surface area contributed by atoms with Gasteiger partial charge in [0.2, 0.25) is 5.95 Å². The van der Waals surface area contributed by atoms with Crippen molar-refractivity contribution in [3.63, 3.8) is 0 Å². The molecule has 1 saturated heterocycles. The molecule has 5 rings (SSSR count). The summed E-state index contributed by atoms with van der Waals surface area (Å²) >= 11 is 2.43. The second-order valence-electron chi connectivity index (χ2n) is 8.95. The van der Waals surface area contributed by atoms with Crippen LogP contribution in [0.4, 0.5) is 5.95 Å². The number of imidazole rings is 1. The van der Waals surface area contributed by atoms with Crippen molar-refractivity contribution in [3.8, 4) is 28.3 Å². The Balaban J connectivity index is 1.62. The molecule has 0 spiro atoms. The van der Waals surface area contributed by atoms with E-state index in [0.29, 0.717) is 11.6 Å². The number of anilines is 1. The summed E-state index contributed by atoms with van der Waals surface area (Å²) < 4.78 is 6.53. The maximum Gasteiger partial charge on any atom is 0.201 e. The average molecular weight is 566 g/mol. The van der Waals surface area contributed by atoms with Crippen LogP contribution >= 0.6 is 22.6 Å². The Hall–Kier alpha value is -2.90. The third-order valence-electron chi connectivity index (χ3n) is 6.75. The van der Waals surface area contributed by atoms with Crippen LogP contribution in [-0.4, -0.2) is 43.7 Å². The summed E-state index contributed by atoms with van der Waals surface area (Å²) in [6, 6.07) is 12.8. The summed E-state index contributed by atoms with van der Waals surface area (Å²) in [5, 5.41) is 17.4. The fraction of sp³-hybridized carbons (Fsp3) is 0.346. The Morgan fingerprint density at radius 1 is 1.21 bits per heavy atom. The quantitative estimate of drug-likeness (QED) is 0.176. The maximum atomic E-state index is 9.60. The molecule has 8 heteroatoms. The van der Waals surface area contributed by atoms with Gasteiger partial charge in [-0.1, -0.05) is 39.9 Å². The van der Waals surface area contributed by atoms with Gasteiger partial charge in [-0.05, 0) is 68.5 Å². The SMILES string of the molecule is Cc1noc(C)c1-c1cc(-c2cccc(C#N)c2C)c2nc(NC3CCN(CI)CC3)[nH]c2c1. The molecule has 174 valence electrons. The van der Waals surface area contributed by atoms with Gasteiger partial charge < -0.3 is 14.8 Å². The number of nitrogens with one attached hydrogen (secondary N) is 2. The van der Waals surface area contributed by atoms with Crippen LogP contribution in [-0.2, 0) is 0 Å². The van der Waals surface area contributed by atoms with Crippen LogP contribution in [0.25, 0.3) is 33.3 Å². The van der Waals surface area contributed by atoms with Crippen LogP contribution in [0.1, 0.15) is 35.4 Å². The number of likely N-dealkylation sites (tertiary alicyclic amines) is 1. The number of rotatable bonds is 5. The zero-order chi connectivity index (χ0) is 23.8. The minimum absolute atomic E-state index is 0.397. The predicted octanol–water partition coefficient (Wildman–Crippen LogP) is 5.95. The number of nitrogens with zero attached hydrogens (tertiary/aromatic N) is 4. The summed E-state index contributed by atoms with van der Waals surface area (Å²) in [7, 11) is 0. The average Bonchev–Trinajstić information content (AvgIpc) is 3.40. The van der Waals surface area contributed by atoms with Crippen molar-refractivity contribution in [1.82, 2.24) is 20.0 Å². The van der Waals surface area contributed by atoms with Gasteiger partial charge in [-0.3, -0.25) is 4.90 Å². The normalized spacial score (nSPS) is 15.0. The Bertz CT molecular complexity index is 1370. The smallest absolute Gasteiger partial charge is 0.201 e. The Labute approximate surface area is 212 Å². The third-order valence-corrected chi connectivity index (χ3v) is 7.72. The molecular formula is C26H27IN6O. The first kappa shape index (κ1) is 22.9. The Morgan fingerprint density at radius 2 is 2.00 bits per heavy atom. The summed E-state index contributed by atoms with van der Waals surface area (Å²) in [6.07, 6.45) is 2.20. The molecule has 0 radical (unpaired) electrons. The van der Waals surface area contributed by atoms with Crippen molar-refractivity contribution in [2.75, 3.05) is 23.0 Å². The number of hydrogen-bond donors (Lipinski definition) is 2. The molecule has 1 aliphatic heterocycles. The number of halogens is 1. The van der Waals surface area contributed by atoms with Gasteiger partial charge in [-0.2, -0.15) is 5.26 Å². The number of aromatic nitrogens is 3. The largest absolute Gasteiger partial charge is 0.361 e. The fourth-order valence-corrected chi connectivity index (χ4v) is 5.55. The van der Waals surface area contributed by atoms with E-state index in [1.807, 2.05) is 32.9 Å². The molecule has 0 atom stereocenters. The molecular weight excluding hydrogens is 539 g/mol. The van der Waals surface area contributed by atoms with Crippen LogP contribution < -0.4 is 5.32 Å². The van der Waals surface area contributed by atoms with Gasteiger partial charge in [-0.25, -0.2) is 4.98 Å². The zero-order valence-electron chi connectivity index (χ0n) is 19.6. The van der Waals surface area contributed by atoms with Crippen LogP contribution in [0.5, 0.6) is 0 Å². The molecule has 3 heterocycles. The van der Waals surface area contributed by atoms with E-state index in [0.717, 1.165) is 86.7 Å². The third kappa shape index (κ3) is 4.18. The molecule has 1 fully saturated rings. The van der Waals surface area contributed by atoms with Crippen LogP contribution in [0.2, 0.25) is 0 Å². The van der Waals surface area contributed by atoms with Crippen molar-refractivity contribution in [3.05, 3.63) is 52.9 Å². The van der Waals surface area contributed by atoms with E-state index in [4.69, 9.17) is 9.51 Å². The van der Waals surface area contributed by atoms with Gasteiger partial charge in [0, 0.05) is 30.3 Å². The van der Waals surface area contributed by atoms with E-state index in [9.17, 15) is 5.26 Å². The van der Waals surface area contributed by atoms with Gasteiger partial charge in [0.1, 0.15) is 5.76 Å². The number of H-pyrrole nitrogens is 1. The number of hydrogen-bond acceptors (Lipinski definition) is 6. The molecule has 0 bridgehead atoms. The number of piperidine rings is 1. The minimum Gasteiger partial charge on any atom is -0.361 e. The standard InChI is InChI=1S/C26H27IN6O/c1-15-18(13-28)5-4-6-21(15)22-11-19(24-16(2)32-34-17(24)3)12-23-25(22)31-26(30-23)29-20-7-9-33(14-27)10-8-20/h4-6,11-12,20H,7-10,14H2,1-3H3,(H2,29,30,31). The second kappa shape index (κ2) is 9.39. The number of benzene rings is 2. The van der Waals surface area contributed by atoms with Crippen LogP contribution in [0.15, 0.2) is 34.9 Å². The number of aryl methyl sites for hydroxylation is 2. The van der Waals surface area contributed by atoms with E-state index >= 15 is 0 Å². The lowest BCUT2D eigenvalue weighted by Crippen LogP contribution is -2.38. The molecule has 34 heavy (non-hydrogen) atoms. The number of alkyl halides is 1. The lowest BCUT2D eigenvalue weighted by atomic mass is 9.92. The van der Waals surface area contributed by atoms with E-state index in [2.05, 4.69) is 67.2 Å². The van der Waals surface area contributed by atoms with Crippen molar-refractivity contribution >= 4 is 39.6 Å². The van der Waals surface area contributed by atoms with Crippen LogP contribution in [0, 0.1) is 32.1 Å². The van der Waals surface area contributed by atoms with Crippen molar-refractivity contribution in [2.45, 2.75) is 39.7 Å². The molecule has 4 aromatic rings. The highest BCUT2D eigenvalue weighted by molar-refractivity contribution is 14.1. The van der Waals surface area contributed by atoms with E-state index in [1.54, 1.807) is 0 Å². The van der Waals surface area contributed by atoms with Gasteiger partial charge >= 0.3 is 0 Å². The minimum atomic E-state index is 0.397. The number of aromatic amines is 1. The van der Waals surface area contributed by atoms with Crippen molar-refractivity contribution < 1.29 is 4.52 Å². The molecule has 0 saturated carbocycles. The zero-order valence-corrected chi connectivity index (χ0v) is 21.7. The molecule has 0 amide bonds. The first-order chi connectivity index (χ1) is 16.5. The Morgan fingerprint density at radius 3 is 2.68 bits per heavy atom. The highest BCUT2D eigenvalue weighted by Gasteiger charge is 2.21. The Kier molecular flexibility index (Phi) is 6.32. The molecule has 7 nitrogen and oxygen atoms in total. The monoisotopic (exact) mass is 566 g/mol. The van der Waals surface area contributed by atoms with E-state index in [-0.39, 0.29) is 0 Å². The van der Waals surface area contributed by atoms with E-state index in [1.165, 1.54) is 0 Å². The second-order valence-corrected chi connectivity index (χ2v) is 9.63. The predicted molar refractivity (Wildman–Crippen MR) is 143 cm³/mol. The molecule has 0 unspecified atom stereocenters. The lowest BCUT2D eigenvalue weighted by molar-refractivity contribution is 0.259. The topological polar surface area (TPSA) is 93.8 Å². The van der Waals surface area contributed by atoms with Crippen molar-refractivity contribution in [1.29, 1.82) is 5.26 Å². The molecule has 2 N–H and O–H groups in total. The van der Waals surface area contributed by atoms with Gasteiger partial charge in [0.25, 0.3) is 0 Å². The van der Waals surface area contributed by atoms with Gasteiger partial charge in [0.15, 0.2) is 0 Å². The molecule has 0 aliphatic carbocycles. The number of nitriles is 1. The van der Waals surface area contributed by atoms with E-state index < -0.39 is 0 Å². The molecule has 2 aromatic heterocycles. The van der Waals surface area contributed by atoms with Crippen molar-refractivity contribution in [2.24, 2.45) is 0 Å². The summed E-state index contributed by atoms with van der Waals surface area (Å²) in [5.74, 6) is 1.57. The maximum absolute atomic E-state index is 9.60. The first-order valence-corrected chi connectivity index (χ1v) is 13.0.